The molecular weight excluding hydrogens is 727 g/mol. The fraction of sp³-hybridized carbons (Fsp3) is 0.380. The molecule has 4 aliphatic rings. The van der Waals surface area contributed by atoms with Crippen molar-refractivity contribution in [3.05, 3.63) is 124 Å². The number of Topliss-reactive ketones (excluding diaryl/α,β-unsaturated/α-hetero) is 1. The van der Waals surface area contributed by atoms with Crippen LogP contribution in [0.4, 0.5) is 5.69 Å². The highest BCUT2D eigenvalue weighted by Crippen LogP contribution is 2.43. The number of allylic oxidation sites excluding steroid dienone is 4. The Hall–Kier alpha value is -5.65. The van der Waals surface area contributed by atoms with Gasteiger partial charge in [-0.2, -0.15) is 0 Å². The molecule has 8 rings (SSSR count). The van der Waals surface area contributed by atoms with Gasteiger partial charge < -0.3 is 34.8 Å². The first-order valence-electron chi connectivity index (χ1n) is 20.7. The Morgan fingerprint density at radius 2 is 1.86 bits per heavy atom. The second-order valence-corrected chi connectivity index (χ2v) is 15.8. The van der Waals surface area contributed by atoms with Crippen LogP contribution in [0.2, 0.25) is 0 Å². The van der Waals surface area contributed by atoms with Crippen LogP contribution in [0, 0.1) is 23.9 Å². The fourth-order valence-corrected chi connectivity index (χ4v) is 8.75. The number of aromatic hydroxyl groups is 1. The third-order valence-electron chi connectivity index (χ3n) is 11.9. The van der Waals surface area contributed by atoms with Crippen LogP contribution in [-0.4, -0.2) is 40.9 Å². The van der Waals surface area contributed by atoms with Gasteiger partial charge in [0.05, 0.1) is 13.7 Å². The van der Waals surface area contributed by atoms with Crippen molar-refractivity contribution in [2.45, 2.75) is 96.9 Å². The molecule has 0 saturated heterocycles. The van der Waals surface area contributed by atoms with Crippen molar-refractivity contribution in [1.29, 1.82) is 0 Å². The molecular formula is C50H55NO7. The number of ether oxygens (including phenoxy) is 3. The highest BCUT2D eigenvalue weighted by molar-refractivity contribution is 6.00. The minimum Gasteiger partial charge on any atom is -0.508 e. The number of benzene rings is 4. The lowest BCUT2D eigenvalue weighted by molar-refractivity contribution is -0.121. The number of carbonyl (C=O) groups is 1. The summed E-state index contributed by atoms with van der Waals surface area (Å²) >= 11 is 0. The first-order valence-corrected chi connectivity index (χ1v) is 20.7. The van der Waals surface area contributed by atoms with Crippen LogP contribution in [0.15, 0.2) is 84.7 Å². The fourth-order valence-electron chi connectivity index (χ4n) is 8.75. The van der Waals surface area contributed by atoms with Crippen molar-refractivity contribution < 1.29 is 34.3 Å². The number of ketones is 1. The Labute approximate surface area is 342 Å². The summed E-state index contributed by atoms with van der Waals surface area (Å²) in [6, 6.07) is 18.1. The first kappa shape index (κ1) is 40.5. The Morgan fingerprint density at radius 1 is 0.983 bits per heavy atom. The van der Waals surface area contributed by atoms with Crippen LogP contribution in [-0.2, 0) is 42.0 Å². The van der Waals surface area contributed by atoms with Crippen LogP contribution in [0.1, 0.15) is 97.2 Å². The van der Waals surface area contributed by atoms with E-state index < -0.39 is 6.10 Å². The highest BCUT2D eigenvalue weighted by Gasteiger charge is 2.28. The lowest BCUT2D eigenvalue weighted by Gasteiger charge is -2.28. The highest BCUT2D eigenvalue weighted by atomic mass is 16.5. The molecule has 0 fully saturated rings. The van der Waals surface area contributed by atoms with Crippen LogP contribution in [0.3, 0.4) is 0 Å². The van der Waals surface area contributed by atoms with E-state index in [0.717, 1.165) is 70.9 Å². The molecule has 2 aliphatic carbocycles. The molecule has 6 bridgehead atoms. The van der Waals surface area contributed by atoms with Crippen LogP contribution >= 0.6 is 0 Å². The minimum absolute atomic E-state index is 0.0322. The number of methoxy groups -OCH3 is 1. The predicted molar refractivity (Wildman–Crippen MR) is 230 cm³/mol. The number of phenolic OH excluding ortho intramolecular Hbond substituents is 1. The van der Waals surface area contributed by atoms with E-state index in [0.29, 0.717) is 41.9 Å². The van der Waals surface area contributed by atoms with Crippen LogP contribution in [0.5, 0.6) is 17.2 Å². The zero-order valence-electron chi connectivity index (χ0n) is 33.9. The summed E-state index contributed by atoms with van der Waals surface area (Å²) in [4.78, 5) is 13.7. The Morgan fingerprint density at radius 3 is 2.69 bits per heavy atom. The van der Waals surface area contributed by atoms with Crippen LogP contribution < -0.4 is 14.8 Å². The summed E-state index contributed by atoms with van der Waals surface area (Å²) < 4.78 is 18.4. The van der Waals surface area contributed by atoms with E-state index >= 15 is 0 Å². The van der Waals surface area contributed by atoms with Crippen molar-refractivity contribution in [3.8, 4) is 29.3 Å². The van der Waals surface area contributed by atoms with Gasteiger partial charge in [-0.3, -0.25) is 4.79 Å². The Bertz CT molecular complexity index is 2290. The van der Waals surface area contributed by atoms with Gasteiger partial charge in [-0.15, -0.1) is 0 Å². The van der Waals surface area contributed by atoms with Crippen molar-refractivity contribution in [2.24, 2.45) is 11.8 Å². The quantitative estimate of drug-likeness (QED) is 0.0878. The number of hydrogen-bond donors (Lipinski definition) is 4. The van der Waals surface area contributed by atoms with Gasteiger partial charge in [0.1, 0.15) is 36.1 Å². The molecule has 2 aliphatic heterocycles. The summed E-state index contributed by atoms with van der Waals surface area (Å²) in [5, 5.41) is 37.9. The van der Waals surface area contributed by atoms with Gasteiger partial charge in [-0.05, 0) is 138 Å². The van der Waals surface area contributed by atoms with E-state index in [2.05, 4.69) is 73.7 Å². The number of fused-ring (bicyclic) bond motifs is 9. The first-order chi connectivity index (χ1) is 28.2. The molecule has 0 unspecified atom stereocenters. The number of aliphatic hydroxyl groups is 2. The molecule has 8 heteroatoms. The topological polar surface area (TPSA) is 117 Å². The zero-order chi connectivity index (χ0) is 40.6. The maximum Gasteiger partial charge on any atom is 0.161 e. The molecule has 8 nitrogen and oxygen atoms in total. The number of aliphatic hydroxyl groups excluding tert-OH is 2. The number of phenols is 1. The van der Waals surface area contributed by atoms with Crippen molar-refractivity contribution in [1.82, 2.24) is 0 Å². The Kier molecular flexibility index (Phi) is 13.1. The van der Waals surface area contributed by atoms with Gasteiger partial charge in [0, 0.05) is 48.5 Å². The van der Waals surface area contributed by atoms with Gasteiger partial charge in [0.15, 0.2) is 11.5 Å². The Balaban J connectivity index is 1.16. The smallest absolute Gasteiger partial charge is 0.161 e. The standard InChI is InChI=1S/C50H55NO7/c1-4-51-38-12-7-10-33(23-38)9-5-6-11-35-17-19-39(53)25-36(35)26-41-28-40(54)18-15-34-16-21-48(56-3)49(24-34)58-31-46-37(30-52)27-45-42(13-8-22-57-41)47(55)29-44-32(2)14-20-43(46)50(44)45/h7,10,12,14,16-17,19-21,23-25,27,29,32,35-36,41,51-53,55H,4-6,9,11,13,15,18,26,28,30-31H2,1-3H3/t32-,35+,36-,41-/m0/s1. The SMILES string of the molecule is CCNc1cccc(CCCC[C@@H]2C=CC(O)=C[C@H]2C[C@H]2CC(=O)CCc3ccc(OC)c(c3)OCc3c(CO)cc4c(c(O)cc5c4c3C=C[C@@H]5C)CC#CO2)c1. The largest absolute Gasteiger partial charge is 0.508 e. The van der Waals surface area contributed by atoms with Crippen molar-refractivity contribution in [2.75, 3.05) is 19.0 Å². The number of aryl methyl sites for hydroxylation is 2. The molecule has 4 aromatic rings. The normalized spacial score (nSPS) is 20.3. The van der Waals surface area contributed by atoms with Crippen LogP contribution in [0.25, 0.3) is 16.8 Å². The number of anilines is 1. The van der Waals surface area contributed by atoms with Crippen molar-refractivity contribution >= 4 is 28.3 Å². The molecule has 0 aromatic heterocycles. The van der Waals surface area contributed by atoms with E-state index in [9.17, 15) is 20.1 Å². The molecule has 0 radical (unpaired) electrons. The van der Waals surface area contributed by atoms with E-state index in [1.807, 2.05) is 36.4 Å². The minimum atomic E-state index is -0.506. The molecule has 4 N–H and O–H groups in total. The molecule has 0 saturated carbocycles. The third kappa shape index (κ3) is 9.38. The molecule has 0 spiro atoms. The lowest BCUT2D eigenvalue weighted by Crippen LogP contribution is -2.24. The van der Waals surface area contributed by atoms with Gasteiger partial charge >= 0.3 is 0 Å². The van der Waals surface area contributed by atoms with Crippen molar-refractivity contribution in [3.63, 3.8) is 0 Å². The summed E-state index contributed by atoms with van der Waals surface area (Å²) in [7, 11) is 1.60. The van der Waals surface area contributed by atoms with E-state index in [1.165, 1.54) is 5.56 Å². The predicted octanol–water partition coefficient (Wildman–Crippen LogP) is 10.0. The molecule has 2 heterocycles. The second kappa shape index (κ2) is 18.7. The molecule has 302 valence electrons. The average molecular weight is 782 g/mol. The summed E-state index contributed by atoms with van der Waals surface area (Å²) in [6.07, 6.45) is 18.1. The average Bonchev–Trinajstić information content (AvgIpc) is 3.22. The second-order valence-electron chi connectivity index (χ2n) is 15.8. The molecule has 4 aromatic carbocycles. The molecule has 4 atom stereocenters. The zero-order valence-corrected chi connectivity index (χ0v) is 33.9. The maximum atomic E-state index is 13.7. The van der Waals surface area contributed by atoms with Gasteiger partial charge in [0.2, 0.25) is 0 Å². The van der Waals surface area contributed by atoms with Gasteiger partial charge in [-0.25, -0.2) is 0 Å². The summed E-state index contributed by atoms with van der Waals surface area (Å²) in [6.45, 7) is 5.07. The number of carbonyl (C=O) groups excluding carboxylic acids is 1. The van der Waals surface area contributed by atoms with E-state index in [1.54, 1.807) is 13.2 Å². The number of hydrogen-bond acceptors (Lipinski definition) is 8. The summed E-state index contributed by atoms with van der Waals surface area (Å²) in [5.41, 5.74) is 7.56. The van der Waals surface area contributed by atoms with Gasteiger partial charge in [-0.1, -0.05) is 55.7 Å². The maximum absolute atomic E-state index is 13.7. The number of rotatable bonds is 11. The number of nitrogens with one attached hydrogen (secondary N) is 1. The number of unbranched alkanes of at least 4 members (excludes halogenated alkanes) is 1. The van der Waals surface area contributed by atoms with E-state index in [-0.39, 0.29) is 61.1 Å². The summed E-state index contributed by atoms with van der Waals surface area (Å²) in [5.74, 6) is 4.93. The van der Waals surface area contributed by atoms with Gasteiger partial charge in [0.25, 0.3) is 0 Å². The third-order valence-corrected chi connectivity index (χ3v) is 11.9. The lowest BCUT2D eigenvalue weighted by atomic mass is 9.80. The molecule has 58 heavy (non-hydrogen) atoms. The molecule has 0 amide bonds. The monoisotopic (exact) mass is 781 g/mol. The van der Waals surface area contributed by atoms with E-state index in [4.69, 9.17) is 14.2 Å².